The summed E-state index contributed by atoms with van der Waals surface area (Å²) in [4.78, 5) is 3.23. The van der Waals surface area contributed by atoms with E-state index in [1.165, 1.54) is 6.42 Å². The van der Waals surface area contributed by atoms with Crippen molar-refractivity contribution in [2.75, 3.05) is 6.54 Å². The van der Waals surface area contributed by atoms with Crippen LogP contribution in [0.5, 0.6) is 0 Å². The van der Waals surface area contributed by atoms with Crippen LogP contribution in [0.4, 0.5) is 0 Å². The van der Waals surface area contributed by atoms with Gasteiger partial charge in [-0.05, 0) is 6.42 Å². The molecule has 0 saturated carbocycles. The number of rotatable bonds is 4. The highest BCUT2D eigenvalue weighted by Crippen LogP contribution is 1.90. The second-order valence-electron chi connectivity index (χ2n) is 1.93. The van der Waals surface area contributed by atoms with Crippen LogP contribution in [-0.4, -0.2) is 6.54 Å². The van der Waals surface area contributed by atoms with Crippen molar-refractivity contribution in [2.24, 2.45) is 0 Å². The predicted octanol–water partition coefficient (Wildman–Crippen LogP) is 2.65. The van der Waals surface area contributed by atoms with Gasteiger partial charge in [-0.15, -0.1) is 0 Å². The van der Waals surface area contributed by atoms with Crippen LogP contribution in [-0.2, 0) is 0 Å². The molecular weight excluding hydrogens is 110 g/mol. The molecule has 0 aromatic rings. The van der Waals surface area contributed by atoms with Crippen molar-refractivity contribution in [3.63, 3.8) is 0 Å². The average molecular weight is 123 g/mol. The number of hydrogen-bond acceptors (Lipinski definition) is 0. The highest BCUT2D eigenvalue weighted by molar-refractivity contribution is 4.83. The third kappa shape index (κ3) is 7.23. The van der Waals surface area contributed by atoms with E-state index in [2.05, 4.69) is 23.9 Å². The molecule has 0 aromatic heterocycles. The van der Waals surface area contributed by atoms with E-state index in [0.29, 0.717) is 6.54 Å². The molecule has 0 saturated heterocycles. The van der Waals surface area contributed by atoms with Crippen LogP contribution >= 0.6 is 0 Å². The monoisotopic (exact) mass is 123 g/mol. The molecule has 1 nitrogen and oxygen atoms in total. The summed E-state index contributed by atoms with van der Waals surface area (Å²) in [6.07, 6.45) is 7.50. The van der Waals surface area contributed by atoms with Crippen molar-refractivity contribution in [1.82, 2.24) is 0 Å². The fourth-order valence-electron chi connectivity index (χ4n) is 0.541. The number of unbranched alkanes of at least 4 members (excludes halogenated alkanes) is 1. The molecule has 0 N–H and O–H groups in total. The van der Waals surface area contributed by atoms with Gasteiger partial charge in [-0.25, -0.2) is 6.57 Å². The van der Waals surface area contributed by atoms with E-state index in [9.17, 15) is 0 Å². The van der Waals surface area contributed by atoms with Gasteiger partial charge in [-0.1, -0.05) is 25.5 Å². The van der Waals surface area contributed by atoms with Crippen LogP contribution in [0.2, 0.25) is 0 Å². The summed E-state index contributed by atoms with van der Waals surface area (Å²) in [5, 5.41) is 0. The second-order valence-corrected chi connectivity index (χ2v) is 1.93. The van der Waals surface area contributed by atoms with Crippen molar-refractivity contribution < 1.29 is 0 Å². The summed E-state index contributed by atoms with van der Waals surface area (Å²) in [6, 6.07) is 0. The average Bonchev–Trinajstić information content (AvgIpc) is 1.89. The Labute approximate surface area is 57.2 Å². The summed E-state index contributed by atoms with van der Waals surface area (Å²) < 4.78 is 0. The third-order valence-corrected chi connectivity index (χ3v) is 1.03. The highest BCUT2D eigenvalue weighted by atomic mass is 14.6. The van der Waals surface area contributed by atoms with E-state index in [1.54, 1.807) is 0 Å². The molecule has 0 aromatic carbocycles. The number of nitrogens with zero attached hydrogens (tertiary/aromatic N) is 1. The first kappa shape index (κ1) is 8.23. The number of allylic oxidation sites excluding steroid dienone is 1. The fourth-order valence-corrected chi connectivity index (χ4v) is 0.541. The van der Waals surface area contributed by atoms with Gasteiger partial charge in [0.05, 0.1) is 0 Å². The Hall–Kier alpha value is -0.770. The van der Waals surface area contributed by atoms with Gasteiger partial charge in [-0.3, -0.25) is 0 Å². The van der Waals surface area contributed by atoms with Crippen molar-refractivity contribution in [1.29, 1.82) is 0 Å². The Balaban J connectivity index is 2.97. The standard InChI is InChI=1S/C8H13N/c1-3-4-5-6-7-8-9-2/h5-6H,3-4,7-8H2,1H3/b6-5+. The van der Waals surface area contributed by atoms with E-state index in [1.807, 2.05) is 0 Å². The minimum absolute atomic E-state index is 0.639. The zero-order chi connectivity index (χ0) is 6.95. The lowest BCUT2D eigenvalue weighted by molar-refractivity contribution is 0.950. The molecule has 0 fully saturated rings. The topological polar surface area (TPSA) is 4.36 Å². The zero-order valence-corrected chi connectivity index (χ0v) is 5.93. The molecule has 0 aliphatic rings. The lowest BCUT2D eigenvalue weighted by Crippen LogP contribution is -1.69. The molecule has 1 heteroatoms. The van der Waals surface area contributed by atoms with Gasteiger partial charge in [0.1, 0.15) is 0 Å². The molecule has 0 atom stereocenters. The SMILES string of the molecule is [C-]#[N+]CC/C=C/CCC. The van der Waals surface area contributed by atoms with Gasteiger partial charge >= 0.3 is 0 Å². The Kier molecular flexibility index (Phi) is 6.61. The molecule has 0 amide bonds. The normalized spacial score (nSPS) is 9.78. The Morgan fingerprint density at radius 3 is 2.56 bits per heavy atom. The number of hydrogen-bond donors (Lipinski definition) is 0. The maximum atomic E-state index is 6.47. The molecule has 0 rings (SSSR count). The molecule has 50 valence electrons. The Morgan fingerprint density at radius 1 is 1.33 bits per heavy atom. The highest BCUT2D eigenvalue weighted by Gasteiger charge is 1.78. The van der Waals surface area contributed by atoms with Gasteiger partial charge in [0.15, 0.2) is 0 Å². The lowest BCUT2D eigenvalue weighted by atomic mass is 10.3. The fraction of sp³-hybridized carbons (Fsp3) is 0.625. The summed E-state index contributed by atoms with van der Waals surface area (Å²) in [5.41, 5.74) is 0. The lowest BCUT2D eigenvalue weighted by Gasteiger charge is -1.81. The maximum absolute atomic E-state index is 6.47. The van der Waals surface area contributed by atoms with E-state index in [4.69, 9.17) is 6.57 Å². The molecule has 0 radical (unpaired) electrons. The van der Waals surface area contributed by atoms with E-state index >= 15 is 0 Å². The quantitative estimate of drug-likeness (QED) is 0.307. The first-order valence-corrected chi connectivity index (χ1v) is 3.40. The molecule has 0 heterocycles. The molecule has 0 aliphatic heterocycles. The molecule has 0 bridgehead atoms. The minimum Gasteiger partial charge on any atom is -0.317 e. The van der Waals surface area contributed by atoms with Crippen LogP contribution < -0.4 is 0 Å². The summed E-state index contributed by atoms with van der Waals surface area (Å²) in [7, 11) is 0. The van der Waals surface area contributed by atoms with Crippen molar-refractivity contribution >= 4 is 0 Å². The van der Waals surface area contributed by atoms with Gasteiger partial charge in [0.25, 0.3) is 0 Å². The molecule has 0 spiro atoms. The van der Waals surface area contributed by atoms with E-state index in [-0.39, 0.29) is 0 Å². The Morgan fingerprint density at radius 2 is 2.00 bits per heavy atom. The van der Waals surface area contributed by atoms with Crippen LogP contribution in [0.3, 0.4) is 0 Å². The largest absolute Gasteiger partial charge is 0.317 e. The van der Waals surface area contributed by atoms with Gasteiger partial charge in [-0.2, -0.15) is 0 Å². The van der Waals surface area contributed by atoms with Crippen molar-refractivity contribution in [3.8, 4) is 0 Å². The first-order valence-electron chi connectivity index (χ1n) is 3.40. The Bertz CT molecular complexity index is 108. The van der Waals surface area contributed by atoms with Crippen molar-refractivity contribution in [3.05, 3.63) is 23.6 Å². The van der Waals surface area contributed by atoms with E-state index < -0.39 is 0 Å². The molecular formula is C8H13N. The molecule has 0 unspecified atom stereocenters. The maximum Gasteiger partial charge on any atom is 0.218 e. The van der Waals surface area contributed by atoms with Crippen LogP contribution in [0.15, 0.2) is 12.2 Å². The zero-order valence-electron chi connectivity index (χ0n) is 5.93. The predicted molar refractivity (Wildman–Crippen MR) is 40.1 cm³/mol. The van der Waals surface area contributed by atoms with Crippen LogP contribution in [0.1, 0.15) is 26.2 Å². The summed E-state index contributed by atoms with van der Waals surface area (Å²) in [5.74, 6) is 0. The van der Waals surface area contributed by atoms with E-state index in [0.717, 1.165) is 12.8 Å². The minimum atomic E-state index is 0.639. The molecule has 0 aliphatic carbocycles. The molecule has 9 heavy (non-hydrogen) atoms. The smallest absolute Gasteiger partial charge is 0.218 e. The van der Waals surface area contributed by atoms with Crippen molar-refractivity contribution in [2.45, 2.75) is 26.2 Å². The second kappa shape index (κ2) is 7.23. The third-order valence-electron chi connectivity index (χ3n) is 1.03. The first-order chi connectivity index (χ1) is 4.41. The summed E-state index contributed by atoms with van der Waals surface area (Å²) >= 11 is 0. The van der Waals surface area contributed by atoms with Gasteiger partial charge in [0.2, 0.25) is 6.54 Å². The van der Waals surface area contributed by atoms with Crippen LogP contribution in [0, 0.1) is 6.57 Å². The van der Waals surface area contributed by atoms with Gasteiger partial charge in [0, 0.05) is 6.42 Å². The van der Waals surface area contributed by atoms with Crippen LogP contribution in [0.25, 0.3) is 4.85 Å². The summed E-state index contributed by atoms with van der Waals surface area (Å²) in [6.45, 7) is 9.27. The van der Waals surface area contributed by atoms with Gasteiger partial charge < -0.3 is 4.85 Å².